The summed E-state index contributed by atoms with van der Waals surface area (Å²) in [6.07, 6.45) is 0. The van der Waals surface area contributed by atoms with Crippen LogP contribution in [0.3, 0.4) is 0 Å². The van der Waals surface area contributed by atoms with Crippen LogP contribution in [0.2, 0.25) is 0 Å². The third-order valence-corrected chi connectivity index (χ3v) is 2.19. The predicted octanol–water partition coefficient (Wildman–Crippen LogP) is 1.88. The van der Waals surface area contributed by atoms with Crippen LogP contribution in [0.4, 0.5) is 5.69 Å². The summed E-state index contributed by atoms with van der Waals surface area (Å²) in [6.45, 7) is 5.21. The maximum absolute atomic E-state index is 11.7. The summed E-state index contributed by atoms with van der Waals surface area (Å²) in [5.41, 5.74) is 1.68. The topological polar surface area (TPSA) is 50.4 Å². The molecule has 1 aromatic carbocycles. The van der Waals surface area contributed by atoms with E-state index >= 15 is 0 Å². The number of hydrogen-bond donors (Lipinski definition) is 2. The number of rotatable bonds is 6. The third kappa shape index (κ3) is 4.87. The van der Waals surface area contributed by atoms with E-state index in [2.05, 4.69) is 24.5 Å². The lowest BCUT2D eigenvalue weighted by molar-refractivity contribution is 0.0937. The SMILES string of the molecule is COCCNC(=O)c1ccc(NC(C)C)cc1. The number of amides is 1. The predicted molar refractivity (Wildman–Crippen MR) is 69.4 cm³/mol. The van der Waals surface area contributed by atoms with Crippen LogP contribution in [0.1, 0.15) is 24.2 Å². The number of carbonyl (C=O) groups excluding carboxylic acids is 1. The van der Waals surface area contributed by atoms with Crippen LogP contribution in [-0.4, -0.2) is 32.2 Å². The molecule has 0 heterocycles. The number of benzene rings is 1. The third-order valence-electron chi connectivity index (χ3n) is 2.19. The molecule has 0 unspecified atom stereocenters. The van der Waals surface area contributed by atoms with Crippen molar-refractivity contribution in [3.8, 4) is 0 Å². The van der Waals surface area contributed by atoms with E-state index in [4.69, 9.17) is 4.74 Å². The largest absolute Gasteiger partial charge is 0.383 e. The Labute approximate surface area is 102 Å². The Morgan fingerprint density at radius 2 is 1.94 bits per heavy atom. The van der Waals surface area contributed by atoms with Crippen molar-refractivity contribution in [1.29, 1.82) is 0 Å². The molecule has 17 heavy (non-hydrogen) atoms. The molecule has 0 bridgehead atoms. The number of ether oxygens (including phenoxy) is 1. The quantitative estimate of drug-likeness (QED) is 0.741. The summed E-state index contributed by atoms with van der Waals surface area (Å²) >= 11 is 0. The molecule has 0 aromatic heterocycles. The van der Waals surface area contributed by atoms with Crippen molar-refractivity contribution < 1.29 is 9.53 Å². The standard InChI is InChI=1S/C13H20N2O2/c1-10(2)15-12-6-4-11(5-7-12)13(16)14-8-9-17-3/h4-7,10,15H,8-9H2,1-3H3,(H,14,16). The maximum atomic E-state index is 11.7. The minimum atomic E-state index is -0.0712. The van der Waals surface area contributed by atoms with Crippen molar-refractivity contribution in [1.82, 2.24) is 5.32 Å². The molecule has 4 nitrogen and oxygen atoms in total. The molecule has 4 heteroatoms. The van der Waals surface area contributed by atoms with Gasteiger partial charge in [-0.2, -0.15) is 0 Å². The molecular formula is C13H20N2O2. The lowest BCUT2D eigenvalue weighted by Gasteiger charge is -2.10. The number of carbonyl (C=O) groups is 1. The van der Waals surface area contributed by atoms with Crippen molar-refractivity contribution in [2.24, 2.45) is 0 Å². The monoisotopic (exact) mass is 236 g/mol. The molecule has 2 N–H and O–H groups in total. The molecule has 0 radical (unpaired) electrons. The number of anilines is 1. The normalized spacial score (nSPS) is 10.4. The molecule has 0 aliphatic carbocycles. The van der Waals surface area contributed by atoms with Gasteiger partial charge in [0, 0.05) is 30.9 Å². The van der Waals surface area contributed by atoms with Gasteiger partial charge in [-0.3, -0.25) is 4.79 Å². The van der Waals surface area contributed by atoms with Gasteiger partial charge >= 0.3 is 0 Å². The molecule has 0 spiro atoms. The summed E-state index contributed by atoms with van der Waals surface area (Å²) < 4.78 is 4.87. The van der Waals surface area contributed by atoms with E-state index in [0.717, 1.165) is 5.69 Å². The van der Waals surface area contributed by atoms with Gasteiger partial charge < -0.3 is 15.4 Å². The van der Waals surface area contributed by atoms with Gasteiger partial charge in [0.25, 0.3) is 5.91 Å². The molecule has 1 aromatic rings. The molecule has 0 atom stereocenters. The first-order valence-electron chi connectivity index (χ1n) is 5.77. The second kappa shape index (κ2) is 6.91. The molecule has 0 aliphatic heterocycles. The number of methoxy groups -OCH3 is 1. The number of nitrogens with one attached hydrogen (secondary N) is 2. The second-order valence-corrected chi connectivity index (χ2v) is 4.13. The average Bonchev–Trinajstić information content (AvgIpc) is 2.29. The summed E-state index contributed by atoms with van der Waals surface area (Å²) in [5.74, 6) is -0.0712. The molecule has 94 valence electrons. The Balaban J connectivity index is 2.52. The first-order valence-corrected chi connectivity index (χ1v) is 5.77. The Kier molecular flexibility index (Phi) is 5.49. The highest BCUT2D eigenvalue weighted by molar-refractivity contribution is 5.94. The zero-order valence-corrected chi connectivity index (χ0v) is 10.6. The average molecular weight is 236 g/mol. The van der Waals surface area contributed by atoms with E-state index in [0.29, 0.717) is 24.8 Å². The fourth-order valence-electron chi connectivity index (χ4n) is 1.42. The Bertz CT molecular complexity index is 347. The van der Waals surface area contributed by atoms with Crippen LogP contribution in [0.25, 0.3) is 0 Å². The fraction of sp³-hybridized carbons (Fsp3) is 0.462. The van der Waals surface area contributed by atoms with Crippen LogP contribution >= 0.6 is 0 Å². The van der Waals surface area contributed by atoms with Crippen molar-refractivity contribution in [2.45, 2.75) is 19.9 Å². The first-order chi connectivity index (χ1) is 8.13. The minimum absolute atomic E-state index is 0.0712. The first kappa shape index (κ1) is 13.5. The molecule has 0 saturated carbocycles. The lowest BCUT2D eigenvalue weighted by Crippen LogP contribution is -2.26. The van der Waals surface area contributed by atoms with Crippen molar-refractivity contribution in [2.75, 3.05) is 25.6 Å². The van der Waals surface area contributed by atoms with E-state index in [1.165, 1.54) is 0 Å². The van der Waals surface area contributed by atoms with E-state index in [1.807, 2.05) is 24.3 Å². The van der Waals surface area contributed by atoms with E-state index in [9.17, 15) is 4.79 Å². The summed E-state index contributed by atoms with van der Waals surface area (Å²) in [6, 6.07) is 7.83. The van der Waals surface area contributed by atoms with Crippen LogP contribution in [0, 0.1) is 0 Å². The smallest absolute Gasteiger partial charge is 0.251 e. The van der Waals surface area contributed by atoms with Gasteiger partial charge in [-0.05, 0) is 38.1 Å². The Morgan fingerprint density at radius 1 is 1.29 bits per heavy atom. The van der Waals surface area contributed by atoms with Gasteiger partial charge in [-0.25, -0.2) is 0 Å². The van der Waals surface area contributed by atoms with Crippen LogP contribution < -0.4 is 10.6 Å². The van der Waals surface area contributed by atoms with Gasteiger partial charge in [-0.15, -0.1) is 0 Å². The van der Waals surface area contributed by atoms with Gasteiger partial charge in [0.15, 0.2) is 0 Å². The summed E-state index contributed by atoms with van der Waals surface area (Å²) in [5, 5.41) is 6.05. The second-order valence-electron chi connectivity index (χ2n) is 4.13. The molecule has 0 fully saturated rings. The summed E-state index contributed by atoms with van der Waals surface area (Å²) in [7, 11) is 1.61. The van der Waals surface area contributed by atoms with Crippen molar-refractivity contribution in [3.63, 3.8) is 0 Å². The number of hydrogen-bond acceptors (Lipinski definition) is 3. The van der Waals surface area contributed by atoms with E-state index < -0.39 is 0 Å². The van der Waals surface area contributed by atoms with Crippen LogP contribution in [0.5, 0.6) is 0 Å². The fourth-order valence-corrected chi connectivity index (χ4v) is 1.42. The summed E-state index contributed by atoms with van der Waals surface area (Å²) in [4.78, 5) is 11.7. The maximum Gasteiger partial charge on any atom is 0.251 e. The van der Waals surface area contributed by atoms with Gasteiger partial charge in [0.2, 0.25) is 0 Å². The van der Waals surface area contributed by atoms with E-state index in [-0.39, 0.29) is 5.91 Å². The van der Waals surface area contributed by atoms with Crippen molar-refractivity contribution in [3.05, 3.63) is 29.8 Å². The molecule has 1 amide bonds. The van der Waals surface area contributed by atoms with Crippen LogP contribution in [0.15, 0.2) is 24.3 Å². The van der Waals surface area contributed by atoms with E-state index in [1.54, 1.807) is 7.11 Å². The van der Waals surface area contributed by atoms with Gasteiger partial charge in [-0.1, -0.05) is 0 Å². The molecule has 0 aliphatic rings. The Hall–Kier alpha value is -1.55. The zero-order valence-electron chi connectivity index (χ0n) is 10.6. The minimum Gasteiger partial charge on any atom is -0.383 e. The van der Waals surface area contributed by atoms with Gasteiger partial charge in [0.1, 0.15) is 0 Å². The van der Waals surface area contributed by atoms with Gasteiger partial charge in [0.05, 0.1) is 6.61 Å². The van der Waals surface area contributed by atoms with Crippen LogP contribution in [-0.2, 0) is 4.74 Å². The highest BCUT2D eigenvalue weighted by atomic mass is 16.5. The molecular weight excluding hydrogens is 216 g/mol. The van der Waals surface area contributed by atoms with Crippen molar-refractivity contribution >= 4 is 11.6 Å². The zero-order chi connectivity index (χ0) is 12.7. The lowest BCUT2D eigenvalue weighted by atomic mass is 10.2. The highest BCUT2D eigenvalue weighted by Gasteiger charge is 2.04. The molecule has 0 saturated heterocycles. The Morgan fingerprint density at radius 3 is 2.47 bits per heavy atom. The highest BCUT2D eigenvalue weighted by Crippen LogP contribution is 2.10. The molecule has 1 rings (SSSR count).